The second-order valence-corrected chi connectivity index (χ2v) is 6.59. The van der Waals surface area contributed by atoms with E-state index in [0.29, 0.717) is 11.5 Å². The van der Waals surface area contributed by atoms with Crippen LogP contribution in [0.5, 0.6) is 0 Å². The number of hydrogen-bond donors (Lipinski definition) is 1. The second kappa shape index (κ2) is 4.92. The minimum atomic E-state index is -0.422. The fraction of sp³-hybridized carbons (Fsp3) is 0.533. The van der Waals surface area contributed by atoms with Gasteiger partial charge >= 0.3 is 0 Å². The lowest BCUT2D eigenvalue weighted by molar-refractivity contribution is 0.186. The van der Waals surface area contributed by atoms with Gasteiger partial charge in [-0.1, -0.05) is 37.8 Å². The molecule has 0 aliphatic heterocycles. The first-order chi connectivity index (χ1) is 9.48. The Morgan fingerprint density at radius 2 is 2.05 bits per heavy atom. The Hall–Kier alpha value is -1.29. The van der Waals surface area contributed by atoms with Gasteiger partial charge in [-0.05, 0) is 24.3 Å². The normalized spacial score (nSPS) is 18.6. The third-order valence-corrected chi connectivity index (χ3v) is 4.71. The minimum Gasteiger partial charge on any atom is -0.369 e. The zero-order valence-corrected chi connectivity index (χ0v) is 12.4. The molecule has 1 fully saturated rings. The van der Waals surface area contributed by atoms with Gasteiger partial charge in [-0.3, -0.25) is 0 Å². The van der Waals surface area contributed by atoms with Crippen LogP contribution in [0.3, 0.4) is 0 Å². The molecular formula is C15H19ClFN3. The molecule has 0 spiro atoms. The molecule has 1 aromatic heterocycles. The number of nitrogens with zero attached hydrogens (tertiary/aromatic N) is 2. The van der Waals surface area contributed by atoms with Crippen molar-refractivity contribution in [3.8, 4) is 0 Å². The fourth-order valence-electron chi connectivity index (χ4n) is 3.25. The van der Waals surface area contributed by atoms with Crippen molar-refractivity contribution in [1.29, 1.82) is 0 Å². The Morgan fingerprint density at radius 1 is 1.35 bits per heavy atom. The summed E-state index contributed by atoms with van der Waals surface area (Å²) in [7, 11) is 0. The molecule has 1 aliphatic rings. The summed E-state index contributed by atoms with van der Waals surface area (Å²) >= 11 is 5.80. The first kappa shape index (κ1) is 13.7. The maximum absolute atomic E-state index is 13.7. The van der Waals surface area contributed by atoms with Crippen LogP contribution < -0.4 is 5.73 Å². The van der Waals surface area contributed by atoms with Gasteiger partial charge in [0.1, 0.15) is 5.82 Å². The number of aromatic nitrogens is 2. The van der Waals surface area contributed by atoms with Crippen LogP contribution in [0.25, 0.3) is 11.0 Å². The lowest BCUT2D eigenvalue weighted by Crippen LogP contribution is -2.26. The van der Waals surface area contributed by atoms with Gasteiger partial charge in [-0.25, -0.2) is 9.37 Å². The summed E-state index contributed by atoms with van der Waals surface area (Å²) in [5.41, 5.74) is 7.63. The molecule has 0 saturated heterocycles. The predicted molar refractivity (Wildman–Crippen MR) is 80.3 cm³/mol. The van der Waals surface area contributed by atoms with Gasteiger partial charge in [0.25, 0.3) is 0 Å². The molecule has 1 aliphatic carbocycles. The van der Waals surface area contributed by atoms with Crippen molar-refractivity contribution in [3.05, 3.63) is 23.0 Å². The molecule has 20 heavy (non-hydrogen) atoms. The molecule has 3 nitrogen and oxygen atoms in total. The summed E-state index contributed by atoms with van der Waals surface area (Å²) in [4.78, 5) is 4.30. The van der Waals surface area contributed by atoms with E-state index in [1.54, 1.807) is 6.07 Å². The van der Waals surface area contributed by atoms with Gasteiger partial charge in [0.05, 0.1) is 16.1 Å². The maximum Gasteiger partial charge on any atom is 0.201 e. The van der Waals surface area contributed by atoms with Crippen LogP contribution in [0.2, 0.25) is 5.02 Å². The molecule has 3 rings (SSSR count). The Morgan fingerprint density at radius 3 is 2.75 bits per heavy atom. The van der Waals surface area contributed by atoms with Gasteiger partial charge in [0.15, 0.2) is 0 Å². The molecule has 5 heteroatoms. The van der Waals surface area contributed by atoms with E-state index >= 15 is 0 Å². The molecule has 0 unspecified atom stereocenters. The third kappa shape index (κ3) is 2.37. The van der Waals surface area contributed by atoms with Crippen molar-refractivity contribution in [2.45, 2.75) is 45.6 Å². The van der Waals surface area contributed by atoms with Gasteiger partial charge in [0.2, 0.25) is 5.95 Å². The molecule has 1 saturated carbocycles. The van der Waals surface area contributed by atoms with Crippen LogP contribution in [0, 0.1) is 11.2 Å². The summed E-state index contributed by atoms with van der Waals surface area (Å²) < 4.78 is 15.6. The SMILES string of the molecule is CC1(Cn2c(N)nc3cc(Cl)c(F)cc32)CCCCC1. The second-order valence-electron chi connectivity index (χ2n) is 6.18. The first-order valence-corrected chi connectivity index (χ1v) is 7.47. The van der Waals surface area contributed by atoms with Crippen LogP contribution in [0.15, 0.2) is 12.1 Å². The number of rotatable bonds is 2. The van der Waals surface area contributed by atoms with Crippen molar-refractivity contribution in [2.75, 3.05) is 5.73 Å². The molecule has 0 radical (unpaired) electrons. The Balaban J connectivity index is 2.02. The molecule has 2 aromatic rings. The number of fused-ring (bicyclic) bond motifs is 1. The largest absolute Gasteiger partial charge is 0.369 e. The first-order valence-electron chi connectivity index (χ1n) is 7.09. The van der Waals surface area contributed by atoms with Crippen LogP contribution >= 0.6 is 11.6 Å². The summed E-state index contributed by atoms with van der Waals surface area (Å²) in [5, 5.41) is 0.0889. The number of anilines is 1. The van der Waals surface area contributed by atoms with Gasteiger partial charge in [0, 0.05) is 12.6 Å². The lowest BCUT2D eigenvalue weighted by Gasteiger charge is -2.34. The highest BCUT2D eigenvalue weighted by molar-refractivity contribution is 6.31. The van der Waals surface area contributed by atoms with Crippen LogP contribution in [-0.4, -0.2) is 9.55 Å². The molecule has 0 amide bonds. The van der Waals surface area contributed by atoms with E-state index in [1.807, 2.05) is 4.57 Å². The minimum absolute atomic E-state index is 0.0889. The summed E-state index contributed by atoms with van der Waals surface area (Å²) in [6.07, 6.45) is 6.18. The fourth-order valence-corrected chi connectivity index (χ4v) is 3.41. The van der Waals surface area contributed by atoms with E-state index < -0.39 is 5.82 Å². The topological polar surface area (TPSA) is 43.8 Å². The summed E-state index contributed by atoms with van der Waals surface area (Å²) in [6, 6.07) is 2.98. The number of nitrogens with two attached hydrogens (primary N) is 1. The van der Waals surface area contributed by atoms with Crippen molar-refractivity contribution >= 4 is 28.6 Å². The number of nitrogen functional groups attached to an aromatic ring is 1. The smallest absolute Gasteiger partial charge is 0.201 e. The molecule has 0 atom stereocenters. The van der Waals surface area contributed by atoms with E-state index in [2.05, 4.69) is 11.9 Å². The Bertz CT molecular complexity index is 644. The highest BCUT2D eigenvalue weighted by atomic mass is 35.5. The zero-order chi connectivity index (χ0) is 14.3. The van der Waals surface area contributed by atoms with Gasteiger partial charge < -0.3 is 10.3 Å². The predicted octanol–water partition coefficient (Wildman–Crippen LogP) is 4.38. The van der Waals surface area contributed by atoms with E-state index in [4.69, 9.17) is 17.3 Å². The Labute approximate surface area is 122 Å². The molecule has 1 aromatic carbocycles. The molecule has 2 N–H and O–H groups in total. The van der Waals surface area contributed by atoms with Gasteiger partial charge in [-0.2, -0.15) is 0 Å². The average Bonchev–Trinajstić information content (AvgIpc) is 2.67. The zero-order valence-electron chi connectivity index (χ0n) is 11.6. The van der Waals surface area contributed by atoms with E-state index in [-0.39, 0.29) is 10.4 Å². The van der Waals surface area contributed by atoms with Crippen LogP contribution in [-0.2, 0) is 6.54 Å². The third-order valence-electron chi connectivity index (χ3n) is 4.42. The quantitative estimate of drug-likeness (QED) is 0.893. The van der Waals surface area contributed by atoms with Crippen LogP contribution in [0.1, 0.15) is 39.0 Å². The average molecular weight is 296 g/mol. The summed E-state index contributed by atoms with van der Waals surface area (Å²) in [6.45, 7) is 3.07. The van der Waals surface area contributed by atoms with Crippen molar-refractivity contribution in [2.24, 2.45) is 5.41 Å². The number of imidazole rings is 1. The van der Waals surface area contributed by atoms with Crippen LogP contribution in [0.4, 0.5) is 10.3 Å². The number of halogens is 2. The van der Waals surface area contributed by atoms with Crippen molar-refractivity contribution in [3.63, 3.8) is 0 Å². The maximum atomic E-state index is 13.7. The number of benzene rings is 1. The standard InChI is InChI=1S/C15H19ClFN3/c1-15(5-3-2-4-6-15)9-20-13-8-11(17)10(16)7-12(13)19-14(20)18/h7-8H,2-6,9H2,1H3,(H2,18,19). The Kier molecular flexibility index (Phi) is 3.36. The molecular weight excluding hydrogens is 277 g/mol. The van der Waals surface area contributed by atoms with Crippen molar-refractivity contribution in [1.82, 2.24) is 9.55 Å². The molecule has 0 bridgehead atoms. The molecule has 108 valence electrons. The summed E-state index contributed by atoms with van der Waals surface area (Å²) in [5.74, 6) is 0.0163. The highest BCUT2D eigenvalue weighted by Crippen LogP contribution is 2.38. The van der Waals surface area contributed by atoms with Crippen molar-refractivity contribution < 1.29 is 4.39 Å². The van der Waals surface area contributed by atoms with E-state index in [0.717, 1.165) is 12.1 Å². The number of hydrogen-bond acceptors (Lipinski definition) is 2. The van der Waals surface area contributed by atoms with E-state index in [9.17, 15) is 4.39 Å². The lowest BCUT2D eigenvalue weighted by atomic mass is 9.75. The molecule has 1 heterocycles. The van der Waals surface area contributed by atoms with E-state index in [1.165, 1.54) is 38.2 Å². The monoisotopic (exact) mass is 295 g/mol. The highest BCUT2D eigenvalue weighted by Gasteiger charge is 2.28. The van der Waals surface area contributed by atoms with Gasteiger partial charge in [-0.15, -0.1) is 0 Å².